The quantitative estimate of drug-likeness (QED) is 0.832. The van der Waals surface area contributed by atoms with E-state index in [1.54, 1.807) is 11.3 Å². The molecule has 18 heavy (non-hydrogen) atoms. The van der Waals surface area contributed by atoms with Crippen LogP contribution >= 0.6 is 11.3 Å². The minimum absolute atomic E-state index is 0.509. The van der Waals surface area contributed by atoms with E-state index in [4.69, 9.17) is 0 Å². The lowest BCUT2D eigenvalue weighted by Gasteiger charge is -2.37. The van der Waals surface area contributed by atoms with Crippen LogP contribution < -0.4 is 5.32 Å². The van der Waals surface area contributed by atoms with Crippen LogP contribution in [0.3, 0.4) is 0 Å². The Morgan fingerprint density at radius 2 is 1.94 bits per heavy atom. The van der Waals surface area contributed by atoms with Crippen molar-refractivity contribution >= 4 is 11.3 Å². The molecule has 2 heteroatoms. The number of thiophene rings is 1. The number of hydrogen-bond acceptors (Lipinski definition) is 2. The van der Waals surface area contributed by atoms with Crippen LogP contribution in [-0.2, 0) is 6.54 Å². The Bertz CT molecular complexity index is 328. The maximum absolute atomic E-state index is 3.62. The van der Waals surface area contributed by atoms with Gasteiger partial charge >= 0.3 is 0 Å². The summed E-state index contributed by atoms with van der Waals surface area (Å²) in [4.78, 5) is 0. The summed E-state index contributed by atoms with van der Waals surface area (Å²) in [5.74, 6) is 1.84. The Hall–Kier alpha value is -0.340. The molecule has 2 rings (SSSR count). The molecule has 0 saturated heterocycles. The van der Waals surface area contributed by atoms with Crippen LogP contribution in [0.1, 0.15) is 52.0 Å². The summed E-state index contributed by atoms with van der Waals surface area (Å²) >= 11 is 1.79. The average Bonchev–Trinajstić information content (AvgIpc) is 2.82. The van der Waals surface area contributed by atoms with Crippen molar-refractivity contribution in [2.45, 2.75) is 53.0 Å². The van der Waals surface area contributed by atoms with Crippen molar-refractivity contribution in [2.75, 3.05) is 6.54 Å². The summed E-state index contributed by atoms with van der Waals surface area (Å²) in [5.41, 5.74) is 1.94. The number of rotatable bonds is 4. The van der Waals surface area contributed by atoms with Crippen molar-refractivity contribution < 1.29 is 0 Å². The lowest BCUT2D eigenvalue weighted by Crippen LogP contribution is -2.30. The summed E-state index contributed by atoms with van der Waals surface area (Å²) in [5, 5.41) is 8.02. The molecule has 1 aromatic rings. The van der Waals surface area contributed by atoms with Gasteiger partial charge in [0, 0.05) is 6.54 Å². The monoisotopic (exact) mass is 265 g/mol. The molecule has 0 aromatic carbocycles. The highest BCUT2D eigenvalue weighted by Crippen LogP contribution is 2.39. The van der Waals surface area contributed by atoms with E-state index in [1.807, 2.05) is 0 Å². The van der Waals surface area contributed by atoms with E-state index in [0.717, 1.165) is 18.4 Å². The molecule has 1 aliphatic carbocycles. The zero-order valence-corrected chi connectivity index (χ0v) is 12.9. The molecular formula is C16H27NS. The third-order valence-corrected chi connectivity index (χ3v) is 5.15. The molecule has 1 fully saturated rings. The molecule has 0 atom stereocenters. The molecule has 1 heterocycles. The van der Waals surface area contributed by atoms with Crippen molar-refractivity contribution in [3.63, 3.8) is 0 Å². The third kappa shape index (κ3) is 4.10. The van der Waals surface area contributed by atoms with Gasteiger partial charge in [0.05, 0.1) is 0 Å². The topological polar surface area (TPSA) is 12.0 Å². The first kappa shape index (κ1) is 14.1. The highest BCUT2D eigenvalue weighted by molar-refractivity contribution is 7.07. The molecule has 1 aromatic heterocycles. The fraction of sp³-hybridized carbons (Fsp3) is 0.750. The predicted octanol–water partition coefficient (Wildman–Crippen LogP) is 4.69. The predicted molar refractivity (Wildman–Crippen MR) is 80.9 cm³/mol. The second-order valence-electron chi connectivity index (χ2n) is 6.85. The summed E-state index contributed by atoms with van der Waals surface area (Å²) in [6.45, 7) is 9.43. The zero-order valence-electron chi connectivity index (χ0n) is 12.0. The summed E-state index contributed by atoms with van der Waals surface area (Å²) in [6, 6.07) is 2.22. The van der Waals surface area contributed by atoms with Gasteiger partial charge in [0.25, 0.3) is 0 Å². The van der Waals surface area contributed by atoms with Crippen LogP contribution in [0.25, 0.3) is 0 Å². The first-order valence-corrected chi connectivity index (χ1v) is 8.22. The smallest absolute Gasteiger partial charge is 0.0213 e. The molecule has 0 unspecified atom stereocenters. The van der Waals surface area contributed by atoms with Gasteiger partial charge in [-0.05, 0) is 71.9 Å². The van der Waals surface area contributed by atoms with Gasteiger partial charge in [0.2, 0.25) is 0 Å². The molecular weight excluding hydrogens is 238 g/mol. The lowest BCUT2D eigenvalue weighted by atomic mass is 9.70. The summed E-state index contributed by atoms with van der Waals surface area (Å²) in [7, 11) is 0. The van der Waals surface area contributed by atoms with E-state index in [2.05, 4.69) is 42.9 Å². The minimum atomic E-state index is 0.509. The third-order valence-electron chi connectivity index (χ3n) is 4.41. The lowest BCUT2D eigenvalue weighted by molar-refractivity contribution is 0.149. The van der Waals surface area contributed by atoms with Crippen LogP contribution in [0.5, 0.6) is 0 Å². The molecule has 0 spiro atoms. The number of hydrogen-bond donors (Lipinski definition) is 1. The van der Waals surface area contributed by atoms with Crippen LogP contribution in [0, 0.1) is 17.3 Å². The maximum Gasteiger partial charge on any atom is 0.0213 e. The molecule has 1 saturated carbocycles. The maximum atomic E-state index is 3.62. The Balaban J connectivity index is 1.65. The summed E-state index contributed by atoms with van der Waals surface area (Å²) < 4.78 is 0. The second-order valence-corrected chi connectivity index (χ2v) is 7.63. The van der Waals surface area contributed by atoms with Crippen LogP contribution in [-0.4, -0.2) is 6.54 Å². The zero-order chi connectivity index (χ0) is 13.0. The molecule has 0 aliphatic heterocycles. The highest BCUT2D eigenvalue weighted by atomic mass is 32.1. The Morgan fingerprint density at radius 1 is 1.22 bits per heavy atom. The first-order chi connectivity index (χ1) is 8.55. The van der Waals surface area contributed by atoms with Gasteiger partial charge in [-0.2, -0.15) is 11.3 Å². The minimum Gasteiger partial charge on any atom is -0.312 e. The van der Waals surface area contributed by atoms with Gasteiger partial charge in [-0.25, -0.2) is 0 Å². The number of nitrogens with one attached hydrogen (secondary N) is 1. The first-order valence-electron chi connectivity index (χ1n) is 7.27. The molecule has 1 N–H and O–H groups in total. The van der Waals surface area contributed by atoms with Gasteiger partial charge in [-0.1, -0.05) is 20.8 Å². The van der Waals surface area contributed by atoms with Crippen molar-refractivity contribution in [2.24, 2.45) is 17.3 Å². The Kier molecular flexibility index (Phi) is 4.85. The molecule has 0 amide bonds. The van der Waals surface area contributed by atoms with E-state index >= 15 is 0 Å². The molecule has 1 aliphatic rings. The van der Waals surface area contributed by atoms with Crippen LogP contribution in [0.15, 0.2) is 16.8 Å². The molecule has 1 nitrogen and oxygen atoms in total. The largest absolute Gasteiger partial charge is 0.312 e. The molecule has 0 bridgehead atoms. The average molecular weight is 265 g/mol. The van der Waals surface area contributed by atoms with E-state index in [0.29, 0.717) is 5.41 Å². The van der Waals surface area contributed by atoms with E-state index < -0.39 is 0 Å². The van der Waals surface area contributed by atoms with Gasteiger partial charge in [-0.15, -0.1) is 0 Å². The van der Waals surface area contributed by atoms with Gasteiger partial charge in [0.1, 0.15) is 0 Å². The van der Waals surface area contributed by atoms with E-state index in [1.165, 1.54) is 37.8 Å². The van der Waals surface area contributed by atoms with Gasteiger partial charge in [0.15, 0.2) is 0 Å². The SMILES string of the molecule is CC(C)(C)C1CCC(CNCc2ccsc2)CC1. The van der Waals surface area contributed by atoms with E-state index in [-0.39, 0.29) is 0 Å². The van der Waals surface area contributed by atoms with Crippen molar-refractivity contribution in [3.05, 3.63) is 22.4 Å². The van der Waals surface area contributed by atoms with Crippen LogP contribution in [0.4, 0.5) is 0 Å². The second kappa shape index (κ2) is 6.21. The summed E-state index contributed by atoms with van der Waals surface area (Å²) in [6.07, 6.45) is 5.68. The van der Waals surface area contributed by atoms with Gasteiger partial charge < -0.3 is 5.32 Å². The van der Waals surface area contributed by atoms with E-state index in [9.17, 15) is 0 Å². The van der Waals surface area contributed by atoms with Crippen molar-refractivity contribution in [1.29, 1.82) is 0 Å². The normalized spacial score (nSPS) is 25.3. The fourth-order valence-corrected chi connectivity index (χ4v) is 3.72. The molecule has 102 valence electrons. The van der Waals surface area contributed by atoms with Crippen LogP contribution in [0.2, 0.25) is 0 Å². The standard InChI is InChI=1S/C16H27NS/c1-16(2,3)15-6-4-13(5-7-15)10-17-11-14-8-9-18-12-14/h8-9,12-13,15,17H,4-7,10-11H2,1-3H3. The Labute approximate surface area is 116 Å². The van der Waals surface area contributed by atoms with Crippen molar-refractivity contribution in [1.82, 2.24) is 5.32 Å². The van der Waals surface area contributed by atoms with Crippen molar-refractivity contribution in [3.8, 4) is 0 Å². The fourth-order valence-electron chi connectivity index (χ4n) is 3.05. The molecule has 0 radical (unpaired) electrons. The highest BCUT2D eigenvalue weighted by Gasteiger charge is 2.29. The Morgan fingerprint density at radius 3 is 2.50 bits per heavy atom. The van der Waals surface area contributed by atoms with Gasteiger partial charge in [-0.3, -0.25) is 0 Å².